The van der Waals surface area contributed by atoms with Crippen LogP contribution in [0.25, 0.3) is 0 Å². The Morgan fingerprint density at radius 1 is 1.47 bits per heavy atom. The smallest absolute Gasteiger partial charge is 0.334 e. The van der Waals surface area contributed by atoms with Gasteiger partial charge in [0.05, 0.1) is 6.54 Å². The minimum Gasteiger partial charge on any atom is -0.479 e. The molecule has 6 nitrogen and oxygen atoms in total. The fourth-order valence-corrected chi connectivity index (χ4v) is 1.01. The Kier molecular flexibility index (Phi) is 6.64. The van der Waals surface area contributed by atoms with Crippen LogP contribution in [0.1, 0.15) is 19.8 Å². The van der Waals surface area contributed by atoms with Gasteiger partial charge in [-0.25, -0.2) is 4.79 Å². The lowest BCUT2D eigenvalue weighted by atomic mass is 10.0. The van der Waals surface area contributed by atoms with Gasteiger partial charge in [0.15, 0.2) is 6.10 Å². The van der Waals surface area contributed by atoms with Gasteiger partial charge in [0.2, 0.25) is 5.91 Å². The Morgan fingerprint density at radius 3 is 2.53 bits per heavy atom. The highest BCUT2D eigenvalue weighted by Crippen LogP contribution is 2.04. The molecule has 0 saturated carbocycles. The second-order valence-corrected chi connectivity index (χ2v) is 3.43. The lowest BCUT2D eigenvalue weighted by Gasteiger charge is -2.12. The number of hydrogen-bond acceptors (Lipinski definition) is 4. The molecule has 1 amide bonds. The predicted octanol–water partition coefficient (Wildman–Crippen LogP) is -1.08. The average Bonchev–Trinajstić information content (AvgIpc) is 2.21. The summed E-state index contributed by atoms with van der Waals surface area (Å²) >= 11 is 0. The van der Waals surface area contributed by atoms with Crippen molar-refractivity contribution in [1.82, 2.24) is 5.32 Å². The molecule has 0 heterocycles. The minimum absolute atomic E-state index is 0.213. The van der Waals surface area contributed by atoms with Gasteiger partial charge >= 0.3 is 5.97 Å². The lowest BCUT2D eigenvalue weighted by molar-refractivity contribution is -0.146. The van der Waals surface area contributed by atoms with E-state index in [1.807, 2.05) is 0 Å². The number of aliphatic hydroxyl groups excluding tert-OH is 1. The first kappa shape index (κ1) is 13.9. The quantitative estimate of drug-likeness (QED) is 0.434. The van der Waals surface area contributed by atoms with Gasteiger partial charge in [-0.2, -0.15) is 0 Å². The molecule has 0 aromatic carbocycles. The second-order valence-electron chi connectivity index (χ2n) is 3.43. The number of amides is 1. The normalized spacial score (nSPS) is 14.3. The van der Waals surface area contributed by atoms with E-state index >= 15 is 0 Å². The van der Waals surface area contributed by atoms with E-state index < -0.39 is 12.1 Å². The van der Waals surface area contributed by atoms with Gasteiger partial charge in [-0.05, 0) is 19.4 Å². The van der Waals surface area contributed by atoms with Gasteiger partial charge in [0.1, 0.15) is 0 Å². The Bertz CT molecular complexity index is 220. The molecule has 0 rings (SSSR count). The molecule has 0 bridgehead atoms. The van der Waals surface area contributed by atoms with Crippen molar-refractivity contribution in [3.05, 3.63) is 0 Å². The van der Waals surface area contributed by atoms with E-state index in [0.717, 1.165) is 6.42 Å². The first-order valence-corrected chi connectivity index (χ1v) is 4.87. The summed E-state index contributed by atoms with van der Waals surface area (Å²) in [5.41, 5.74) is 5.29. The van der Waals surface area contributed by atoms with E-state index in [4.69, 9.17) is 15.9 Å². The molecule has 0 aliphatic carbocycles. The van der Waals surface area contributed by atoms with Crippen LogP contribution in [0, 0.1) is 5.92 Å². The minimum atomic E-state index is -1.55. The summed E-state index contributed by atoms with van der Waals surface area (Å²) in [5, 5.41) is 19.6. The van der Waals surface area contributed by atoms with E-state index in [2.05, 4.69) is 5.32 Å². The van der Waals surface area contributed by atoms with E-state index in [-0.39, 0.29) is 18.4 Å². The molecule has 0 saturated heterocycles. The zero-order valence-electron chi connectivity index (χ0n) is 8.77. The molecular weight excluding hydrogens is 200 g/mol. The van der Waals surface area contributed by atoms with Gasteiger partial charge in [0.25, 0.3) is 0 Å². The standard InChI is InChI=1S/C9H18N2O4/c1-6(3-2-4-10)8(13)11-5-7(12)9(14)15/h6-7,12H,2-5,10H2,1H3,(H,11,13)(H,14,15)/t6?,7-/m0/s1. The molecule has 15 heavy (non-hydrogen) atoms. The van der Waals surface area contributed by atoms with Crippen molar-refractivity contribution in [3.63, 3.8) is 0 Å². The summed E-state index contributed by atoms with van der Waals surface area (Å²) in [6.45, 7) is 1.99. The van der Waals surface area contributed by atoms with Crippen LogP contribution in [0.3, 0.4) is 0 Å². The zero-order chi connectivity index (χ0) is 11.8. The summed E-state index contributed by atoms with van der Waals surface area (Å²) in [6, 6.07) is 0. The Labute approximate surface area is 88.5 Å². The van der Waals surface area contributed by atoms with Crippen LogP contribution in [-0.4, -0.2) is 41.3 Å². The maximum atomic E-state index is 11.3. The third kappa shape index (κ3) is 6.03. The van der Waals surface area contributed by atoms with Crippen molar-refractivity contribution in [2.45, 2.75) is 25.9 Å². The Morgan fingerprint density at radius 2 is 2.07 bits per heavy atom. The lowest BCUT2D eigenvalue weighted by Crippen LogP contribution is -2.38. The third-order valence-electron chi connectivity index (χ3n) is 2.04. The number of aliphatic hydroxyl groups is 1. The fourth-order valence-electron chi connectivity index (χ4n) is 1.01. The topological polar surface area (TPSA) is 113 Å². The van der Waals surface area contributed by atoms with Crippen LogP contribution in [0.4, 0.5) is 0 Å². The number of rotatable bonds is 7. The molecule has 5 N–H and O–H groups in total. The van der Waals surface area contributed by atoms with Crippen molar-refractivity contribution in [3.8, 4) is 0 Å². The first-order valence-electron chi connectivity index (χ1n) is 4.87. The van der Waals surface area contributed by atoms with Crippen LogP contribution < -0.4 is 11.1 Å². The first-order chi connectivity index (χ1) is 6.99. The van der Waals surface area contributed by atoms with E-state index in [1.165, 1.54) is 0 Å². The maximum absolute atomic E-state index is 11.3. The summed E-state index contributed by atoms with van der Waals surface area (Å²) in [6.07, 6.45) is -0.141. The van der Waals surface area contributed by atoms with Gasteiger partial charge in [-0.3, -0.25) is 4.79 Å². The van der Waals surface area contributed by atoms with E-state index in [0.29, 0.717) is 13.0 Å². The van der Waals surface area contributed by atoms with Gasteiger partial charge in [-0.1, -0.05) is 6.92 Å². The number of carboxylic acids is 1. The van der Waals surface area contributed by atoms with Crippen LogP contribution in [-0.2, 0) is 9.59 Å². The summed E-state index contributed by atoms with van der Waals surface area (Å²) < 4.78 is 0. The van der Waals surface area contributed by atoms with Crippen LogP contribution in [0.5, 0.6) is 0 Å². The van der Waals surface area contributed by atoms with Crippen LogP contribution >= 0.6 is 0 Å². The number of nitrogens with one attached hydrogen (secondary N) is 1. The molecule has 0 radical (unpaired) electrons. The van der Waals surface area contributed by atoms with E-state index in [9.17, 15) is 9.59 Å². The number of aliphatic carboxylic acids is 1. The highest BCUT2D eigenvalue weighted by atomic mass is 16.4. The molecule has 88 valence electrons. The zero-order valence-corrected chi connectivity index (χ0v) is 8.77. The van der Waals surface area contributed by atoms with Crippen molar-refractivity contribution in [1.29, 1.82) is 0 Å². The van der Waals surface area contributed by atoms with Crippen LogP contribution in [0.15, 0.2) is 0 Å². The largest absolute Gasteiger partial charge is 0.479 e. The van der Waals surface area contributed by atoms with Crippen LogP contribution in [0.2, 0.25) is 0 Å². The fraction of sp³-hybridized carbons (Fsp3) is 0.778. The highest BCUT2D eigenvalue weighted by molar-refractivity contribution is 5.79. The summed E-state index contributed by atoms with van der Waals surface area (Å²) in [4.78, 5) is 21.6. The molecule has 0 aliphatic rings. The molecule has 0 aromatic heterocycles. The van der Waals surface area contributed by atoms with Crippen molar-refractivity contribution in [2.24, 2.45) is 11.7 Å². The number of hydrogen-bond donors (Lipinski definition) is 4. The molecule has 0 spiro atoms. The monoisotopic (exact) mass is 218 g/mol. The average molecular weight is 218 g/mol. The summed E-state index contributed by atoms with van der Waals surface area (Å²) in [5.74, 6) is -1.82. The molecule has 0 aromatic rings. The van der Waals surface area contributed by atoms with Crippen molar-refractivity contribution in [2.75, 3.05) is 13.1 Å². The molecule has 0 aliphatic heterocycles. The second kappa shape index (κ2) is 7.19. The summed E-state index contributed by atoms with van der Waals surface area (Å²) in [7, 11) is 0. The highest BCUT2D eigenvalue weighted by Gasteiger charge is 2.17. The Balaban J connectivity index is 3.77. The molecule has 0 fully saturated rings. The number of carboxylic acid groups (broad SMARTS) is 1. The van der Waals surface area contributed by atoms with E-state index in [1.54, 1.807) is 6.92 Å². The molecule has 2 atom stereocenters. The van der Waals surface area contributed by atoms with Crippen molar-refractivity contribution >= 4 is 11.9 Å². The SMILES string of the molecule is CC(CCCN)C(=O)NC[C@H](O)C(=O)O. The van der Waals surface area contributed by atoms with Crippen molar-refractivity contribution < 1.29 is 19.8 Å². The maximum Gasteiger partial charge on any atom is 0.334 e. The van der Waals surface area contributed by atoms with Gasteiger partial charge in [0, 0.05) is 5.92 Å². The number of nitrogens with two attached hydrogens (primary N) is 1. The molecule has 1 unspecified atom stereocenters. The molecular formula is C9H18N2O4. The predicted molar refractivity (Wildman–Crippen MR) is 54.1 cm³/mol. The van der Waals surface area contributed by atoms with Gasteiger partial charge in [-0.15, -0.1) is 0 Å². The number of carbonyl (C=O) groups is 2. The number of carbonyl (C=O) groups excluding carboxylic acids is 1. The van der Waals surface area contributed by atoms with Gasteiger partial charge < -0.3 is 21.3 Å². The Hall–Kier alpha value is -1.14. The molecule has 6 heteroatoms. The third-order valence-corrected chi connectivity index (χ3v) is 2.04.